The van der Waals surface area contributed by atoms with Crippen LogP contribution in [-0.4, -0.2) is 12.0 Å². The first-order chi connectivity index (χ1) is 9.49. The molecule has 0 aliphatic heterocycles. The summed E-state index contributed by atoms with van der Waals surface area (Å²) >= 11 is 1.12. The van der Waals surface area contributed by atoms with E-state index in [-0.39, 0.29) is 5.69 Å². The molecular formula is C13H10F2N2O2S. The molecule has 0 fully saturated rings. The summed E-state index contributed by atoms with van der Waals surface area (Å²) in [6.07, 6.45) is 0. The molecule has 0 heterocycles. The Morgan fingerprint density at radius 1 is 1.10 bits per heavy atom. The number of hydrogen-bond acceptors (Lipinski definition) is 4. The molecule has 0 bridgehead atoms. The third kappa shape index (κ3) is 3.24. The summed E-state index contributed by atoms with van der Waals surface area (Å²) in [6.45, 7) is 0. The molecule has 2 aromatic rings. The molecule has 2 aromatic carbocycles. The molecule has 2 rings (SSSR count). The lowest BCUT2D eigenvalue weighted by atomic mass is 10.3. The molecule has 7 heteroatoms. The predicted octanol–water partition coefficient (Wildman–Crippen LogP) is 4.07. The van der Waals surface area contributed by atoms with E-state index in [1.165, 1.54) is 18.2 Å². The second-order valence-corrected chi connectivity index (χ2v) is 5.05. The van der Waals surface area contributed by atoms with Crippen LogP contribution in [-0.2, 0) is 0 Å². The first-order valence-electron chi connectivity index (χ1n) is 5.60. The minimum atomic E-state index is -0.950. The average molecular weight is 296 g/mol. The molecule has 0 spiro atoms. The van der Waals surface area contributed by atoms with Gasteiger partial charge in [-0.15, -0.1) is 0 Å². The number of nitro groups is 1. The summed E-state index contributed by atoms with van der Waals surface area (Å²) in [5.41, 5.74) is 0.506. The number of non-ortho nitro benzene ring substituents is 1. The molecule has 0 radical (unpaired) electrons. The standard InChI is InChI=1S/C13H10F2N2O2S/c1-16-8-4-9(17(18)19)6-11(5-8)20-10-2-3-12(14)13(15)7-10/h2-7,16H,1H3. The zero-order valence-corrected chi connectivity index (χ0v) is 11.2. The number of benzene rings is 2. The Bertz CT molecular complexity index is 665. The average Bonchev–Trinajstić information content (AvgIpc) is 2.42. The number of nitro benzene ring substituents is 1. The zero-order valence-electron chi connectivity index (χ0n) is 10.4. The van der Waals surface area contributed by atoms with Gasteiger partial charge in [0.25, 0.3) is 5.69 Å². The fourth-order valence-electron chi connectivity index (χ4n) is 1.57. The molecule has 0 aliphatic carbocycles. The van der Waals surface area contributed by atoms with Gasteiger partial charge in [0.15, 0.2) is 11.6 Å². The molecule has 0 unspecified atom stereocenters. The van der Waals surface area contributed by atoms with Gasteiger partial charge in [0.2, 0.25) is 0 Å². The van der Waals surface area contributed by atoms with E-state index in [9.17, 15) is 18.9 Å². The lowest BCUT2D eigenvalue weighted by Gasteiger charge is -2.06. The molecule has 0 amide bonds. The second-order valence-electron chi connectivity index (χ2n) is 3.90. The van der Waals surface area contributed by atoms with Crippen molar-refractivity contribution in [1.82, 2.24) is 0 Å². The van der Waals surface area contributed by atoms with Gasteiger partial charge in [0.05, 0.1) is 4.92 Å². The summed E-state index contributed by atoms with van der Waals surface area (Å²) < 4.78 is 26.0. The van der Waals surface area contributed by atoms with Gasteiger partial charge in [-0.25, -0.2) is 8.78 Å². The van der Waals surface area contributed by atoms with Gasteiger partial charge in [-0.3, -0.25) is 10.1 Å². The van der Waals surface area contributed by atoms with Gasteiger partial charge in [0, 0.05) is 34.7 Å². The molecular weight excluding hydrogens is 286 g/mol. The highest BCUT2D eigenvalue weighted by Gasteiger charge is 2.11. The van der Waals surface area contributed by atoms with E-state index in [1.54, 1.807) is 13.1 Å². The number of halogens is 2. The largest absolute Gasteiger partial charge is 0.388 e. The van der Waals surface area contributed by atoms with Crippen LogP contribution in [0.5, 0.6) is 0 Å². The maximum absolute atomic E-state index is 13.1. The Morgan fingerprint density at radius 3 is 2.45 bits per heavy atom. The third-order valence-electron chi connectivity index (χ3n) is 2.52. The van der Waals surface area contributed by atoms with Crippen LogP contribution in [0.3, 0.4) is 0 Å². The van der Waals surface area contributed by atoms with Crippen LogP contribution in [0.15, 0.2) is 46.2 Å². The molecule has 1 N–H and O–H groups in total. The normalized spacial score (nSPS) is 10.3. The Kier molecular flexibility index (Phi) is 4.19. The van der Waals surface area contributed by atoms with Crippen LogP contribution in [0.1, 0.15) is 0 Å². The van der Waals surface area contributed by atoms with Crippen LogP contribution in [0.4, 0.5) is 20.2 Å². The van der Waals surface area contributed by atoms with Gasteiger partial charge in [0.1, 0.15) is 0 Å². The van der Waals surface area contributed by atoms with Crippen LogP contribution >= 0.6 is 11.8 Å². The van der Waals surface area contributed by atoms with E-state index in [4.69, 9.17) is 0 Å². The van der Waals surface area contributed by atoms with E-state index in [0.29, 0.717) is 15.5 Å². The summed E-state index contributed by atoms with van der Waals surface area (Å²) in [6, 6.07) is 7.97. The van der Waals surface area contributed by atoms with Crippen LogP contribution in [0.25, 0.3) is 0 Å². The minimum absolute atomic E-state index is 0.0677. The zero-order chi connectivity index (χ0) is 14.7. The van der Waals surface area contributed by atoms with Crippen molar-refractivity contribution in [2.75, 3.05) is 12.4 Å². The summed E-state index contributed by atoms with van der Waals surface area (Å²) in [5, 5.41) is 13.6. The van der Waals surface area contributed by atoms with Gasteiger partial charge < -0.3 is 5.32 Å². The summed E-state index contributed by atoms with van der Waals surface area (Å²) in [5.74, 6) is -1.88. The second kappa shape index (κ2) is 5.87. The van der Waals surface area contributed by atoms with Gasteiger partial charge >= 0.3 is 0 Å². The van der Waals surface area contributed by atoms with E-state index >= 15 is 0 Å². The predicted molar refractivity (Wildman–Crippen MR) is 73.1 cm³/mol. The number of anilines is 1. The van der Waals surface area contributed by atoms with Crippen molar-refractivity contribution in [3.63, 3.8) is 0 Å². The van der Waals surface area contributed by atoms with Crippen molar-refractivity contribution < 1.29 is 13.7 Å². The Hall–Kier alpha value is -2.15. The first-order valence-corrected chi connectivity index (χ1v) is 6.41. The van der Waals surface area contributed by atoms with Gasteiger partial charge in [-0.05, 0) is 24.3 Å². The Morgan fingerprint density at radius 2 is 1.85 bits per heavy atom. The van der Waals surface area contributed by atoms with Crippen molar-refractivity contribution in [3.8, 4) is 0 Å². The number of hydrogen-bond donors (Lipinski definition) is 1. The fraction of sp³-hybridized carbons (Fsp3) is 0.0769. The molecule has 0 aromatic heterocycles. The van der Waals surface area contributed by atoms with Crippen molar-refractivity contribution in [3.05, 3.63) is 58.1 Å². The van der Waals surface area contributed by atoms with Crippen LogP contribution < -0.4 is 5.32 Å². The van der Waals surface area contributed by atoms with Crippen molar-refractivity contribution in [2.45, 2.75) is 9.79 Å². The quantitative estimate of drug-likeness (QED) is 0.682. The lowest BCUT2D eigenvalue weighted by Crippen LogP contribution is -1.93. The van der Waals surface area contributed by atoms with E-state index in [1.807, 2.05) is 0 Å². The third-order valence-corrected chi connectivity index (χ3v) is 3.48. The highest BCUT2D eigenvalue weighted by atomic mass is 32.2. The molecule has 0 atom stereocenters. The van der Waals surface area contributed by atoms with Crippen molar-refractivity contribution in [1.29, 1.82) is 0 Å². The van der Waals surface area contributed by atoms with Crippen LogP contribution in [0, 0.1) is 21.7 Å². The maximum Gasteiger partial charge on any atom is 0.272 e. The minimum Gasteiger partial charge on any atom is -0.388 e. The van der Waals surface area contributed by atoms with Gasteiger partial charge in [-0.1, -0.05) is 11.8 Å². The molecule has 104 valence electrons. The van der Waals surface area contributed by atoms with Crippen LogP contribution in [0.2, 0.25) is 0 Å². The smallest absolute Gasteiger partial charge is 0.272 e. The molecule has 0 saturated carbocycles. The number of nitrogens with zero attached hydrogens (tertiary/aromatic N) is 1. The molecule has 0 saturated heterocycles. The molecule has 0 aliphatic rings. The highest BCUT2D eigenvalue weighted by Crippen LogP contribution is 2.33. The monoisotopic (exact) mass is 296 g/mol. The fourth-order valence-corrected chi connectivity index (χ4v) is 2.50. The first kappa shape index (κ1) is 14.3. The summed E-state index contributed by atoms with van der Waals surface area (Å²) in [4.78, 5) is 11.4. The lowest BCUT2D eigenvalue weighted by molar-refractivity contribution is -0.385. The summed E-state index contributed by atoms with van der Waals surface area (Å²) in [7, 11) is 1.64. The SMILES string of the molecule is CNc1cc(Sc2ccc(F)c(F)c2)cc([N+](=O)[O-])c1. The topological polar surface area (TPSA) is 55.2 Å². The van der Waals surface area contributed by atoms with Crippen molar-refractivity contribution in [2.24, 2.45) is 0 Å². The number of rotatable bonds is 4. The van der Waals surface area contributed by atoms with E-state index in [0.717, 1.165) is 23.9 Å². The maximum atomic E-state index is 13.1. The van der Waals surface area contributed by atoms with Crippen molar-refractivity contribution >= 4 is 23.1 Å². The Labute approximate surface area is 118 Å². The highest BCUT2D eigenvalue weighted by molar-refractivity contribution is 7.99. The number of nitrogens with one attached hydrogen (secondary N) is 1. The molecule has 20 heavy (non-hydrogen) atoms. The van der Waals surface area contributed by atoms with E-state index < -0.39 is 16.6 Å². The van der Waals surface area contributed by atoms with E-state index in [2.05, 4.69) is 5.32 Å². The Balaban J connectivity index is 2.34. The van der Waals surface area contributed by atoms with Gasteiger partial charge in [-0.2, -0.15) is 0 Å². The molecule has 4 nitrogen and oxygen atoms in total.